The molecule has 1 aromatic carbocycles. The Morgan fingerprint density at radius 3 is 2.71 bits per heavy atom. The van der Waals surface area contributed by atoms with E-state index in [4.69, 9.17) is 9.47 Å². The smallest absolute Gasteiger partial charge is 0.161 e. The second-order valence-electron chi connectivity index (χ2n) is 4.73. The summed E-state index contributed by atoms with van der Waals surface area (Å²) in [5, 5.41) is 17.3. The Labute approximate surface area is 124 Å². The summed E-state index contributed by atoms with van der Waals surface area (Å²) in [7, 11) is 3.46. The number of benzene rings is 1. The van der Waals surface area contributed by atoms with Gasteiger partial charge in [-0.15, -0.1) is 0 Å². The zero-order valence-electron chi connectivity index (χ0n) is 12.3. The average Bonchev–Trinajstić information content (AvgIpc) is 2.91. The fraction of sp³-hybridized carbons (Fsp3) is 0.400. The van der Waals surface area contributed by atoms with E-state index in [2.05, 4.69) is 10.4 Å². The quantitative estimate of drug-likeness (QED) is 0.758. The zero-order valence-corrected chi connectivity index (χ0v) is 12.3. The number of methoxy groups -OCH3 is 1. The van der Waals surface area contributed by atoms with Crippen molar-refractivity contribution in [3.05, 3.63) is 42.2 Å². The highest BCUT2D eigenvalue weighted by Gasteiger charge is 2.08. The molecule has 0 fully saturated rings. The number of ether oxygens (including phenoxy) is 2. The van der Waals surface area contributed by atoms with Crippen molar-refractivity contribution in [3.8, 4) is 11.5 Å². The molecule has 1 heterocycles. The minimum Gasteiger partial charge on any atom is -0.493 e. The fourth-order valence-electron chi connectivity index (χ4n) is 1.91. The van der Waals surface area contributed by atoms with E-state index in [0.29, 0.717) is 24.6 Å². The lowest BCUT2D eigenvalue weighted by Gasteiger charge is -2.14. The monoisotopic (exact) mass is 291 g/mol. The molecule has 2 N–H and O–H groups in total. The van der Waals surface area contributed by atoms with Crippen LogP contribution in [0.5, 0.6) is 11.5 Å². The first-order chi connectivity index (χ1) is 10.2. The van der Waals surface area contributed by atoms with E-state index < -0.39 is 6.10 Å². The van der Waals surface area contributed by atoms with Crippen molar-refractivity contribution in [1.29, 1.82) is 0 Å². The molecule has 0 saturated carbocycles. The lowest BCUT2D eigenvalue weighted by Crippen LogP contribution is -2.31. The molecule has 1 unspecified atom stereocenters. The van der Waals surface area contributed by atoms with Crippen molar-refractivity contribution in [3.63, 3.8) is 0 Å². The number of nitrogens with one attached hydrogen (secondary N) is 1. The van der Waals surface area contributed by atoms with Crippen molar-refractivity contribution in [1.82, 2.24) is 15.1 Å². The molecule has 1 atom stereocenters. The molecule has 114 valence electrons. The third-order valence-corrected chi connectivity index (χ3v) is 2.96. The summed E-state index contributed by atoms with van der Waals surface area (Å²) in [6.45, 7) is 1.26. The topological polar surface area (TPSA) is 68.5 Å². The second kappa shape index (κ2) is 7.66. The van der Waals surface area contributed by atoms with Crippen LogP contribution in [0.1, 0.15) is 5.69 Å². The highest BCUT2D eigenvalue weighted by atomic mass is 16.5. The number of hydrogen-bond donors (Lipinski definition) is 2. The van der Waals surface area contributed by atoms with Gasteiger partial charge in [0.25, 0.3) is 0 Å². The van der Waals surface area contributed by atoms with Gasteiger partial charge in [0.05, 0.1) is 12.8 Å². The molecule has 2 rings (SSSR count). The van der Waals surface area contributed by atoms with Gasteiger partial charge in [-0.25, -0.2) is 0 Å². The van der Waals surface area contributed by atoms with E-state index in [9.17, 15) is 5.11 Å². The second-order valence-corrected chi connectivity index (χ2v) is 4.73. The van der Waals surface area contributed by atoms with Crippen molar-refractivity contribution in [2.75, 3.05) is 20.3 Å². The van der Waals surface area contributed by atoms with Gasteiger partial charge in [-0.1, -0.05) is 12.1 Å². The summed E-state index contributed by atoms with van der Waals surface area (Å²) in [6, 6.07) is 9.30. The maximum atomic E-state index is 9.90. The summed E-state index contributed by atoms with van der Waals surface area (Å²) < 4.78 is 12.5. The van der Waals surface area contributed by atoms with Gasteiger partial charge in [0, 0.05) is 26.3 Å². The van der Waals surface area contributed by atoms with Gasteiger partial charge in [0.15, 0.2) is 11.5 Å². The predicted octanol–water partition coefficient (Wildman–Crippen LogP) is 0.958. The molecule has 0 amide bonds. The number of aryl methyl sites for hydroxylation is 1. The number of aliphatic hydroxyl groups is 1. The van der Waals surface area contributed by atoms with E-state index in [-0.39, 0.29) is 6.61 Å². The van der Waals surface area contributed by atoms with E-state index in [0.717, 1.165) is 5.69 Å². The first-order valence-corrected chi connectivity index (χ1v) is 6.82. The molecule has 6 heteroatoms. The highest BCUT2D eigenvalue weighted by Crippen LogP contribution is 2.25. The molecular formula is C15H21N3O3. The van der Waals surface area contributed by atoms with Gasteiger partial charge >= 0.3 is 0 Å². The van der Waals surface area contributed by atoms with Crippen LogP contribution in [0.3, 0.4) is 0 Å². The Morgan fingerprint density at radius 2 is 2.05 bits per heavy atom. The number of aromatic nitrogens is 2. The van der Waals surface area contributed by atoms with Crippen LogP contribution in [-0.4, -0.2) is 41.3 Å². The van der Waals surface area contributed by atoms with Crippen LogP contribution in [0.15, 0.2) is 36.5 Å². The largest absolute Gasteiger partial charge is 0.493 e. The van der Waals surface area contributed by atoms with Crippen molar-refractivity contribution in [2.45, 2.75) is 12.6 Å². The molecule has 0 aliphatic heterocycles. The summed E-state index contributed by atoms with van der Waals surface area (Å²) in [5.74, 6) is 1.29. The van der Waals surface area contributed by atoms with Crippen LogP contribution in [-0.2, 0) is 13.6 Å². The molecule has 0 saturated heterocycles. The number of aliphatic hydroxyl groups excluding tert-OH is 1. The van der Waals surface area contributed by atoms with E-state index in [1.165, 1.54) is 0 Å². The predicted molar refractivity (Wildman–Crippen MR) is 79.4 cm³/mol. The average molecular weight is 291 g/mol. The van der Waals surface area contributed by atoms with Crippen molar-refractivity contribution >= 4 is 0 Å². The van der Waals surface area contributed by atoms with Crippen LogP contribution in [0.2, 0.25) is 0 Å². The SMILES string of the molecule is COc1ccccc1OCC(O)CNCc1ccn(C)n1. The minimum absolute atomic E-state index is 0.204. The molecule has 0 radical (unpaired) electrons. The normalized spacial score (nSPS) is 12.1. The molecule has 1 aromatic heterocycles. The van der Waals surface area contributed by atoms with Crippen LogP contribution in [0, 0.1) is 0 Å². The first-order valence-electron chi connectivity index (χ1n) is 6.82. The summed E-state index contributed by atoms with van der Waals surface area (Å²) in [5.41, 5.74) is 0.940. The lowest BCUT2D eigenvalue weighted by atomic mass is 10.3. The van der Waals surface area contributed by atoms with E-state index in [1.807, 2.05) is 43.6 Å². The van der Waals surface area contributed by atoms with Crippen molar-refractivity contribution < 1.29 is 14.6 Å². The van der Waals surface area contributed by atoms with Crippen molar-refractivity contribution in [2.24, 2.45) is 7.05 Å². The maximum absolute atomic E-state index is 9.90. The van der Waals surface area contributed by atoms with E-state index in [1.54, 1.807) is 11.8 Å². The van der Waals surface area contributed by atoms with Crippen LogP contribution in [0.4, 0.5) is 0 Å². The third-order valence-electron chi connectivity index (χ3n) is 2.96. The fourth-order valence-corrected chi connectivity index (χ4v) is 1.91. The third kappa shape index (κ3) is 4.77. The van der Waals surface area contributed by atoms with Crippen LogP contribution >= 0.6 is 0 Å². The molecular weight excluding hydrogens is 270 g/mol. The van der Waals surface area contributed by atoms with Gasteiger partial charge in [0.1, 0.15) is 12.7 Å². The number of nitrogens with zero attached hydrogens (tertiary/aromatic N) is 2. The Morgan fingerprint density at radius 1 is 1.29 bits per heavy atom. The van der Waals surface area contributed by atoms with Crippen LogP contribution < -0.4 is 14.8 Å². The molecule has 0 spiro atoms. The molecule has 2 aromatic rings. The summed E-state index contributed by atoms with van der Waals surface area (Å²) >= 11 is 0. The highest BCUT2D eigenvalue weighted by molar-refractivity contribution is 5.39. The molecule has 21 heavy (non-hydrogen) atoms. The Bertz CT molecular complexity index is 557. The van der Waals surface area contributed by atoms with Gasteiger partial charge < -0.3 is 19.9 Å². The molecule has 0 aliphatic rings. The van der Waals surface area contributed by atoms with Gasteiger partial charge in [0.2, 0.25) is 0 Å². The summed E-state index contributed by atoms with van der Waals surface area (Å²) in [6.07, 6.45) is 1.29. The molecule has 6 nitrogen and oxygen atoms in total. The lowest BCUT2D eigenvalue weighted by molar-refractivity contribution is 0.104. The van der Waals surface area contributed by atoms with E-state index >= 15 is 0 Å². The number of rotatable bonds is 8. The van der Waals surface area contributed by atoms with Gasteiger partial charge in [-0.2, -0.15) is 5.10 Å². The maximum Gasteiger partial charge on any atom is 0.161 e. The van der Waals surface area contributed by atoms with Gasteiger partial charge in [-0.3, -0.25) is 4.68 Å². The Kier molecular flexibility index (Phi) is 5.59. The zero-order chi connectivity index (χ0) is 15.1. The minimum atomic E-state index is -0.598. The summed E-state index contributed by atoms with van der Waals surface area (Å²) in [4.78, 5) is 0. The molecule has 0 bridgehead atoms. The number of para-hydroxylation sites is 2. The number of hydrogen-bond acceptors (Lipinski definition) is 5. The van der Waals surface area contributed by atoms with Crippen LogP contribution in [0.25, 0.3) is 0 Å². The standard InChI is InChI=1S/C15H21N3O3/c1-18-8-7-12(17-18)9-16-10-13(19)11-21-15-6-4-3-5-14(15)20-2/h3-8,13,16,19H,9-11H2,1-2H3. The Hall–Kier alpha value is -2.05. The van der Waals surface area contributed by atoms with Gasteiger partial charge in [-0.05, 0) is 18.2 Å². The Balaban J connectivity index is 1.71. The molecule has 0 aliphatic carbocycles. The first kappa shape index (κ1) is 15.3.